The number of hydrogen-bond donors (Lipinski definition) is 1. The van der Waals surface area contributed by atoms with Crippen LogP contribution in [0.25, 0.3) is 5.69 Å². The molecule has 0 radical (unpaired) electrons. The van der Waals surface area contributed by atoms with Crippen molar-refractivity contribution in [3.63, 3.8) is 0 Å². The number of carbonyl (C=O) groups is 1. The van der Waals surface area contributed by atoms with Gasteiger partial charge in [0, 0.05) is 6.20 Å². The summed E-state index contributed by atoms with van der Waals surface area (Å²) in [4.78, 5) is 14.6. The predicted molar refractivity (Wildman–Crippen MR) is 59.9 cm³/mol. The molecule has 106 valence electrons. The predicted octanol–water partition coefficient (Wildman–Crippen LogP) is 1.99. The lowest BCUT2D eigenvalue weighted by Crippen LogP contribution is -2.17. The average Bonchev–Trinajstić information content (AvgIpc) is 2.83. The third kappa shape index (κ3) is 2.29. The molecular formula is C11H8F3N3O3. The smallest absolute Gasteiger partial charge is 0.434 e. The van der Waals surface area contributed by atoms with Crippen LogP contribution in [-0.2, 0) is 6.18 Å². The highest BCUT2D eigenvalue weighted by Gasteiger charge is 2.41. The van der Waals surface area contributed by atoms with Crippen molar-refractivity contribution < 1.29 is 27.8 Å². The Labute approximate surface area is 110 Å². The Kier molecular flexibility index (Phi) is 3.35. The molecule has 0 saturated heterocycles. The summed E-state index contributed by atoms with van der Waals surface area (Å²) >= 11 is 0. The normalized spacial score (nSPS) is 11.4. The Hall–Kier alpha value is -2.58. The first kappa shape index (κ1) is 13.8. The van der Waals surface area contributed by atoms with Gasteiger partial charge in [-0.15, -0.1) is 0 Å². The first-order chi connectivity index (χ1) is 9.36. The molecule has 0 aromatic carbocycles. The van der Waals surface area contributed by atoms with Gasteiger partial charge >= 0.3 is 12.1 Å². The molecule has 0 aliphatic heterocycles. The second kappa shape index (κ2) is 4.83. The van der Waals surface area contributed by atoms with Crippen molar-refractivity contribution in [1.82, 2.24) is 14.8 Å². The van der Waals surface area contributed by atoms with Gasteiger partial charge in [-0.25, -0.2) is 14.5 Å². The summed E-state index contributed by atoms with van der Waals surface area (Å²) in [6.07, 6.45) is -2.92. The summed E-state index contributed by atoms with van der Waals surface area (Å²) in [6.45, 7) is 0. The maximum Gasteiger partial charge on any atom is 0.434 e. The number of nitrogens with zero attached hydrogens (tertiary/aromatic N) is 3. The monoisotopic (exact) mass is 287 g/mol. The zero-order valence-electron chi connectivity index (χ0n) is 10.0. The number of methoxy groups -OCH3 is 1. The molecule has 0 saturated carbocycles. The molecule has 2 rings (SSSR count). The van der Waals surface area contributed by atoms with Crippen molar-refractivity contribution in [2.45, 2.75) is 6.18 Å². The summed E-state index contributed by atoms with van der Waals surface area (Å²) in [6, 6.07) is 2.68. The van der Waals surface area contributed by atoms with Crippen LogP contribution in [0.5, 0.6) is 5.88 Å². The summed E-state index contributed by atoms with van der Waals surface area (Å²) in [7, 11) is 1.24. The van der Waals surface area contributed by atoms with E-state index in [1.54, 1.807) is 0 Å². The average molecular weight is 287 g/mol. The molecule has 0 aliphatic carbocycles. The van der Waals surface area contributed by atoms with Gasteiger partial charge in [0.2, 0.25) is 5.88 Å². The largest absolute Gasteiger partial charge is 0.479 e. The molecule has 2 heterocycles. The van der Waals surface area contributed by atoms with Crippen LogP contribution in [0.15, 0.2) is 24.5 Å². The van der Waals surface area contributed by atoms with Crippen LogP contribution in [0, 0.1) is 0 Å². The molecule has 1 N–H and O–H groups in total. The van der Waals surface area contributed by atoms with Crippen LogP contribution in [0.4, 0.5) is 13.2 Å². The number of carboxylic acids is 1. The molecule has 0 bridgehead atoms. The highest BCUT2D eigenvalue weighted by Crippen LogP contribution is 2.35. The molecule has 2 aromatic heterocycles. The van der Waals surface area contributed by atoms with Gasteiger partial charge in [0.1, 0.15) is 11.3 Å². The molecular weight excluding hydrogens is 279 g/mol. The highest BCUT2D eigenvalue weighted by molar-refractivity contribution is 5.89. The lowest BCUT2D eigenvalue weighted by Gasteiger charge is -2.13. The van der Waals surface area contributed by atoms with E-state index in [0.717, 1.165) is 0 Å². The van der Waals surface area contributed by atoms with Crippen molar-refractivity contribution in [2.75, 3.05) is 7.11 Å². The zero-order chi connectivity index (χ0) is 14.9. The first-order valence-electron chi connectivity index (χ1n) is 5.24. The molecule has 6 nitrogen and oxygen atoms in total. The SMILES string of the molecule is COc1ncccc1-n1ncc(C(=O)O)c1C(F)(F)F. The minimum atomic E-state index is -4.88. The quantitative estimate of drug-likeness (QED) is 0.934. The topological polar surface area (TPSA) is 77.2 Å². The van der Waals surface area contributed by atoms with Gasteiger partial charge in [-0.2, -0.15) is 18.3 Å². The van der Waals surface area contributed by atoms with E-state index in [0.29, 0.717) is 10.9 Å². The molecule has 20 heavy (non-hydrogen) atoms. The lowest BCUT2D eigenvalue weighted by atomic mass is 10.2. The van der Waals surface area contributed by atoms with Gasteiger partial charge in [-0.1, -0.05) is 0 Å². The van der Waals surface area contributed by atoms with Gasteiger partial charge in [-0.3, -0.25) is 0 Å². The lowest BCUT2D eigenvalue weighted by molar-refractivity contribution is -0.143. The van der Waals surface area contributed by atoms with Crippen LogP contribution in [0.2, 0.25) is 0 Å². The van der Waals surface area contributed by atoms with Crippen molar-refractivity contribution in [3.8, 4) is 11.6 Å². The van der Waals surface area contributed by atoms with E-state index in [4.69, 9.17) is 9.84 Å². The molecule has 0 aliphatic rings. The number of rotatable bonds is 3. The number of aromatic nitrogens is 3. The minimum Gasteiger partial charge on any atom is -0.479 e. The molecule has 9 heteroatoms. The van der Waals surface area contributed by atoms with Gasteiger partial charge < -0.3 is 9.84 Å². The summed E-state index contributed by atoms with van der Waals surface area (Å²) in [5.74, 6) is -1.82. The third-order valence-corrected chi connectivity index (χ3v) is 2.44. The standard InChI is InChI=1S/C11H8F3N3O3/c1-20-9-7(3-2-4-15-9)17-8(11(12,13)14)6(5-16-17)10(18)19/h2-5H,1H3,(H,18,19). The third-order valence-electron chi connectivity index (χ3n) is 2.44. The Bertz CT molecular complexity index is 652. The number of alkyl halides is 3. The maximum atomic E-state index is 13.0. The minimum absolute atomic E-state index is 0.0990. The molecule has 2 aromatic rings. The van der Waals surface area contributed by atoms with E-state index in [-0.39, 0.29) is 11.6 Å². The second-order valence-corrected chi connectivity index (χ2v) is 3.65. The van der Waals surface area contributed by atoms with E-state index in [9.17, 15) is 18.0 Å². The summed E-state index contributed by atoms with van der Waals surface area (Å²) < 4.78 is 44.4. The second-order valence-electron chi connectivity index (χ2n) is 3.65. The number of hydrogen-bond acceptors (Lipinski definition) is 4. The van der Waals surface area contributed by atoms with Crippen LogP contribution >= 0.6 is 0 Å². The highest BCUT2D eigenvalue weighted by atomic mass is 19.4. The van der Waals surface area contributed by atoms with Crippen molar-refractivity contribution in [2.24, 2.45) is 0 Å². The molecule has 0 amide bonds. The molecule has 0 atom stereocenters. The van der Waals surface area contributed by atoms with Crippen LogP contribution in [0.1, 0.15) is 16.1 Å². The Morgan fingerprint density at radius 3 is 2.70 bits per heavy atom. The number of ether oxygens (including phenoxy) is 1. The Morgan fingerprint density at radius 1 is 1.45 bits per heavy atom. The fraction of sp³-hybridized carbons (Fsp3) is 0.182. The molecule has 0 unspecified atom stereocenters. The van der Waals surface area contributed by atoms with Crippen molar-refractivity contribution >= 4 is 5.97 Å². The number of carboxylic acid groups (broad SMARTS) is 1. The van der Waals surface area contributed by atoms with Gasteiger partial charge in [0.25, 0.3) is 0 Å². The van der Waals surface area contributed by atoms with Crippen molar-refractivity contribution in [3.05, 3.63) is 35.8 Å². The van der Waals surface area contributed by atoms with Crippen LogP contribution in [0.3, 0.4) is 0 Å². The number of pyridine rings is 1. The van der Waals surface area contributed by atoms with Crippen LogP contribution in [-0.4, -0.2) is 33.0 Å². The molecule has 0 fully saturated rings. The fourth-order valence-electron chi connectivity index (χ4n) is 1.66. The van der Waals surface area contributed by atoms with Crippen molar-refractivity contribution in [1.29, 1.82) is 0 Å². The van der Waals surface area contributed by atoms with E-state index in [1.165, 1.54) is 25.4 Å². The Balaban J connectivity index is 2.72. The zero-order valence-corrected chi connectivity index (χ0v) is 10.0. The Morgan fingerprint density at radius 2 is 2.15 bits per heavy atom. The van der Waals surface area contributed by atoms with Gasteiger partial charge in [0.15, 0.2) is 5.69 Å². The van der Waals surface area contributed by atoms with E-state index in [2.05, 4.69) is 10.1 Å². The molecule has 0 spiro atoms. The van der Waals surface area contributed by atoms with E-state index >= 15 is 0 Å². The maximum absolute atomic E-state index is 13.0. The summed E-state index contributed by atoms with van der Waals surface area (Å²) in [5, 5.41) is 12.3. The van der Waals surface area contributed by atoms with Gasteiger partial charge in [-0.05, 0) is 12.1 Å². The van der Waals surface area contributed by atoms with Gasteiger partial charge in [0.05, 0.1) is 13.3 Å². The van der Waals surface area contributed by atoms with E-state index < -0.39 is 23.4 Å². The first-order valence-corrected chi connectivity index (χ1v) is 5.24. The number of halogens is 3. The van der Waals surface area contributed by atoms with E-state index in [1.807, 2.05) is 0 Å². The number of aromatic carboxylic acids is 1. The van der Waals surface area contributed by atoms with Crippen LogP contribution < -0.4 is 4.74 Å². The summed E-state index contributed by atoms with van der Waals surface area (Å²) in [5.41, 5.74) is -2.44. The fourth-order valence-corrected chi connectivity index (χ4v) is 1.66.